The van der Waals surface area contributed by atoms with E-state index in [0.717, 1.165) is 10.2 Å². The molecule has 0 radical (unpaired) electrons. The van der Waals surface area contributed by atoms with Crippen LogP contribution >= 0.6 is 15.9 Å². The first-order valence-corrected chi connectivity index (χ1v) is 4.49. The summed E-state index contributed by atoms with van der Waals surface area (Å²) in [4.78, 5) is 4.24. The molecule has 0 saturated heterocycles. The standard InChI is InChI=1S/C9H11BrN2/c1-3-8(11-2)9-7(10)5-4-6-12-9/h3-6,8,11H,1H2,2H3. The molecule has 0 bridgehead atoms. The van der Waals surface area contributed by atoms with Gasteiger partial charge in [0.05, 0.1) is 11.7 Å². The minimum absolute atomic E-state index is 0.112. The molecule has 12 heavy (non-hydrogen) atoms. The first kappa shape index (κ1) is 9.42. The van der Waals surface area contributed by atoms with Crippen molar-refractivity contribution < 1.29 is 0 Å². The lowest BCUT2D eigenvalue weighted by Crippen LogP contribution is -2.15. The Bertz CT molecular complexity index is 273. The summed E-state index contributed by atoms with van der Waals surface area (Å²) in [6.07, 6.45) is 3.60. The molecule has 1 N–H and O–H groups in total. The molecule has 1 aromatic rings. The number of nitrogens with one attached hydrogen (secondary N) is 1. The predicted molar refractivity (Wildman–Crippen MR) is 53.9 cm³/mol. The molecule has 1 aromatic heterocycles. The Morgan fingerprint density at radius 1 is 1.75 bits per heavy atom. The normalized spacial score (nSPS) is 12.5. The third-order valence-electron chi connectivity index (χ3n) is 1.63. The van der Waals surface area contributed by atoms with Gasteiger partial charge < -0.3 is 5.32 Å². The van der Waals surface area contributed by atoms with E-state index in [1.165, 1.54) is 0 Å². The molecule has 3 heteroatoms. The number of pyridine rings is 1. The number of likely N-dealkylation sites (N-methyl/N-ethyl adjacent to an activating group) is 1. The van der Waals surface area contributed by atoms with E-state index in [9.17, 15) is 0 Å². The maximum atomic E-state index is 4.24. The van der Waals surface area contributed by atoms with Gasteiger partial charge in [-0.05, 0) is 35.1 Å². The fourth-order valence-corrected chi connectivity index (χ4v) is 1.49. The van der Waals surface area contributed by atoms with Gasteiger partial charge in [0.25, 0.3) is 0 Å². The molecule has 1 atom stereocenters. The fourth-order valence-electron chi connectivity index (χ4n) is 0.993. The molecule has 0 aliphatic rings. The van der Waals surface area contributed by atoms with Gasteiger partial charge in [0.2, 0.25) is 0 Å². The van der Waals surface area contributed by atoms with Crippen molar-refractivity contribution in [2.45, 2.75) is 6.04 Å². The van der Waals surface area contributed by atoms with Gasteiger partial charge >= 0.3 is 0 Å². The van der Waals surface area contributed by atoms with Gasteiger partial charge in [0, 0.05) is 10.7 Å². The maximum Gasteiger partial charge on any atom is 0.0753 e. The van der Waals surface area contributed by atoms with Crippen LogP contribution in [0.25, 0.3) is 0 Å². The lowest BCUT2D eigenvalue weighted by molar-refractivity contribution is 0.690. The largest absolute Gasteiger partial charge is 0.309 e. The number of rotatable bonds is 3. The van der Waals surface area contributed by atoms with E-state index in [4.69, 9.17) is 0 Å². The van der Waals surface area contributed by atoms with Crippen LogP contribution in [0.4, 0.5) is 0 Å². The second kappa shape index (κ2) is 4.38. The number of aromatic nitrogens is 1. The summed E-state index contributed by atoms with van der Waals surface area (Å²) in [5.74, 6) is 0. The fraction of sp³-hybridized carbons (Fsp3) is 0.222. The monoisotopic (exact) mass is 226 g/mol. The van der Waals surface area contributed by atoms with Crippen molar-refractivity contribution >= 4 is 15.9 Å². The average molecular weight is 227 g/mol. The summed E-state index contributed by atoms with van der Waals surface area (Å²) in [5, 5.41) is 3.10. The van der Waals surface area contributed by atoms with Crippen LogP contribution < -0.4 is 5.32 Å². The average Bonchev–Trinajstić information content (AvgIpc) is 2.10. The maximum absolute atomic E-state index is 4.24. The summed E-state index contributed by atoms with van der Waals surface area (Å²) < 4.78 is 1.00. The van der Waals surface area contributed by atoms with Gasteiger partial charge in [-0.1, -0.05) is 6.08 Å². The SMILES string of the molecule is C=CC(NC)c1ncccc1Br. The van der Waals surface area contributed by atoms with Crippen molar-refractivity contribution in [2.24, 2.45) is 0 Å². The Hall–Kier alpha value is -0.670. The molecule has 0 spiro atoms. The van der Waals surface area contributed by atoms with Crippen LogP contribution in [-0.2, 0) is 0 Å². The van der Waals surface area contributed by atoms with Crippen molar-refractivity contribution in [3.63, 3.8) is 0 Å². The molecule has 0 fully saturated rings. The highest BCUT2D eigenvalue weighted by Gasteiger charge is 2.08. The second-order valence-electron chi connectivity index (χ2n) is 2.37. The van der Waals surface area contributed by atoms with E-state index in [0.29, 0.717) is 0 Å². The number of hydrogen-bond acceptors (Lipinski definition) is 2. The van der Waals surface area contributed by atoms with Crippen LogP contribution in [0, 0.1) is 0 Å². The molecule has 0 aliphatic carbocycles. The van der Waals surface area contributed by atoms with Crippen LogP contribution in [0.15, 0.2) is 35.5 Å². The van der Waals surface area contributed by atoms with Gasteiger partial charge in [-0.3, -0.25) is 4.98 Å². The van der Waals surface area contributed by atoms with Crippen molar-refractivity contribution in [3.8, 4) is 0 Å². The smallest absolute Gasteiger partial charge is 0.0753 e. The van der Waals surface area contributed by atoms with Crippen molar-refractivity contribution in [2.75, 3.05) is 7.05 Å². The van der Waals surface area contributed by atoms with E-state index >= 15 is 0 Å². The zero-order chi connectivity index (χ0) is 8.97. The van der Waals surface area contributed by atoms with Crippen LogP contribution in [0.2, 0.25) is 0 Å². The molecule has 2 nitrogen and oxygen atoms in total. The molecule has 1 rings (SSSR count). The Kier molecular flexibility index (Phi) is 3.44. The Labute approximate surface area is 80.8 Å². The number of hydrogen-bond donors (Lipinski definition) is 1. The van der Waals surface area contributed by atoms with Crippen LogP contribution in [-0.4, -0.2) is 12.0 Å². The summed E-state index contributed by atoms with van der Waals surface area (Å²) in [6.45, 7) is 3.73. The van der Waals surface area contributed by atoms with E-state index in [-0.39, 0.29) is 6.04 Å². The second-order valence-corrected chi connectivity index (χ2v) is 3.23. The molecule has 0 amide bonds. The number of halogens is 1. The van der Waals surface area contributed by atoms with Crippen molar-refractivity contribution in [3.05, 3.63) is 41.2 Å². The lowest BCUT2D eigenvalue weighted by Gasteiger charge is -2.11. The van der Waals surface area contributed by atoms with Gasteiger partial charge in [0.1, 0.15) is 0 Å². The molecule has 1 heterocycles. The Morgan fingerprint density at radius 2 is 2.50 bits per heavy atom. The quantitative estimate of drug-likeness (QED) is 0.801. The van der Waals surface area contributed by atoms with E-state index in [1.54, 1.807) is 6.20 Å². The Morgan fingerprint density at radius 3 is 3.00 bits per heavy atom. The highest BCUT2D eigenvalue weighted by Crippen LogP contribution is 2.20. The summed E-state index contributed by atoms with van der Waals surface area (Å²) in [6, 6.07) is 3.97. The molecule has 0 aliphatic heterocycles. The van der Waals surface area contributed by atoms with Gasteiger partial charge in [-0.2, -0.15) is 0 Å². The van der Waals surface area contributed by atoms with Crippen LogP contribution in [0.3, 0.4) is 0 Å². The molecular formula is C9H11BrN2. The molecule has 0 aromatic carbocycles. The van der Waals surface area contributed by atoms with Crippen molar-refractivity contribution in [1.29, 1.82) is 0 Å². The highest BCUT2D eigenvalue weighted by molar-refractivity contribution is 9.10. The molecule has 64 valence electrons. The van der Waals surface area contributed by atoms with Crippen molar-refractivity contribution in [1.82, 2.24) is 10.3 Å². The summed E-state index contributed by atoms with van der Waals surface area (Å²) in [5.41, 5.74) is 0.968. The molecule has 0 saturated carbocycles. The third kappa shape index (κ3) is 1.93. The molecular weight excluding hydrogens is 216 g/mol. The predicted octanol–water partition coefficient (Wildman–Crippen LogP) is 2.29. The van der Waals surface area contributed by atoms with Crippen LogP contribution in [0.5, 0.6) is 0 Å². The minimum atomic E-state index is 0.112. The highest BCUT2D eigenvalue weighted by atomic mass is 79.9. The number of nitrogens with zero attached hydrogens (tertiary/aromatic N) is 1. The van der Waals surface area contributed by atoms with Gasteiger partial charge in [-0.25, -0.2) is 0 Å². The zero-order valence-electron chi connectivity index (χ0n) is 6.92. The van der Waals surface area contributed by atoms with E-state index in [1.807, 2.05) is 25.3 Å². The Balaban J connectivity index is 3.00. The minimum Gasteiger partial charge on any atom is -0.309 e. The van der Waals surface area contributed by atoms with Gasteiger partial charge in [-0.15, -0.1) is 6.58 Å². The van der Waals surface area contributed by atoms with Crippen LogP contribution in [0.1, 0.15) is 11.7 Å². The van der Waals surface area contributed by atoms with E-state index in [2.05, 4.69) is 32.8 Å². The molecule has 1 unspecified atom stereocenters. The first-order chi connectivity index (χ1) is 5.79. The summed E-state index contributed by atoms with van der Waals surface area (Å²) >= 11 is 3.43. The van der Waals surface area contributed by atoms with Gasteiger partial charge in [0.15, 0.2) is 0 Å². The topological polar surface area (TPSA) is 24.9 Å². The first-order valence-electron chi connectivity index (χ1n) is 3.70. The van der Waals surface area contributed by atoms with E-state index < -0.39 is 0 Å². The third-order valence-corrected chi connectivity index (χ3v) is 2.30. The summed E-state index contributed by atoms with van der Waals surface area (Å²) in [7, 11) is 1.88. The lowest BCUT2D eigenvalue weighted by atomic mass is 10.2. The zero-order valence-corrected chi connectivity index (χ0v) is 8.51.